The van der Waals surface area contributed by atoms with Gasteiger partial charge in [0, 0.05) is 6.07 Å². The Bertz CT molecular complexity index is 741. The van der Waals surface area contributed by atoms with E-state index in [1.807, 2.05) is 30.5 Å². The van der Waals surface area contributed by atoms with Gasteiger partial charge in [-0.3, -0.25) is 0 Å². The summed E-state index contributed by atoms with van der Waals surface area (Å²) in [4.78, 5) is 0.795. The van der Waals surface area contributed by atoms with Crippen molar-refractivity contribution in [3.63, 3.8) is 0 Å². The van der Waals surface area contributed by atoms with Crippen molar-refractivity contribution in [1.82, 2.24) is 19.8 Å². The smallest absolute Gasteiger partial charge is 0.234 e. The van der Waals surface area contributed by atoms with E-state index >= 15 is 0 Å². The lowest BCUT2D eigenvalue weighted by atomic mass is 10.3. The molecule has 2 heterocycles. The summed E-state index contributed by atoms with van der Waals surface area (Å²) in [6.07, 6.45) is 2.03. The minimum Gasteiger partial charge on any atom is -0.497 e. The van der Waals surface area contributed by atoms with Crippen LogP contribution in [0, 0.1) is 0 Å². The molecule has 3 aromatic rings. The van der Waals surface area contributed by atoms with E-state index in [4.69, 9.17) is 9.47 Å². The van der Waals surface area contributed by atoms with Crippen molar-refractivity contribution < 1.29 is 9.47 Å². The SMILES string of the molecule is COc1cccc(OCc2nn3c(CSC)nnc3s2)c1. The van der Waals surface area contributed by atoms with Gasteiger partial charge in [-0.2, -0.15) is 21.4 Å². The fourth-order valence-electron chi connectivity index (χ4n) is 1.81. The number of nitrogens with zero attached hydrogens (tertiary/aromatic N) is 4. The van der Waals surface area contributed by atoms with Crippen LogP contribution in [0.2, 0.25) is 0 Å². The highest BCUT2D eigenvalue weighted by molar-refractivity contribution is 7.97. The van der Waals surface area contributed by atoms with Crippen molar-refractivity contribution >= 4 is 28.1 Å². The molecule has 0 amide bonds. The Morgan fingerprint density at radius 1 is 1.29 bits per heavy atom. The molecule has 110 valence electrons. The third-order valence-corrected chi connectivity index (χ3v) is 4.19. The third kappa shape index (κ3) is 3.11. The van der Waals surface area contributed by atoms with Crippen LogP contribution < -0.4 is 9.47 Å². The van der Waals surface area contributed by atoms with Gasteiger partial charge in [-0.15, -0.1) is 10.2 Å². The lowest BCUT2D eigenvalue weighted by Crippen LogP contribution is -1.98. The van der Waals surface area contributed by atoms with E-state index in [0.717, 1.165) is 33.0 Å². The number of hydrogen-bond donors (Lipinski definition) is 0. The maximum absolute atomic E-state index is 5.73. The highest BCUT2D eigenvalue weighted by Gasteiger charge is 2.11. The zero-order valence-electron chi connectivity index (χ0n) is 11.6. The molecule has 0 saturated heterocycles. The Balaban J connectivity index is 1.72. The van der Waals surface area contributed by atoms with Crippen molar-refractivity contribution in [2.75, 3.05) is 13.4 Å². The molecule has 0 radical (unpaired) electrons. The van der Waals surface area contributed by atoms with Crippen molar-refractivity contribution in [3.8, 4) is 11.5 Å². The molecule has 21 heavy (non-hydrogen) atoms. The number of fused-ring (bicyclic) bond motifs is 1. The van der Waals surface area contributed by atoms with Gasteiger partial charge in [0.05, 0.1) is 12.9 Å². The average Bonchev–Trinajstić information content (AvgIpc) is 3.07. The molecular formula is C13H14N4O2S2. The summed E-state index contributed by atoms with van der Waals surface area (Å²) >= 11 is 3.18. The second kappa shape index (κ2) is 6.31. The Kier molecular flexibility index (Phi) is 4.26. The Morgan fingerprint density at radius 2 is 2.14 bits per heavy atom. The molecule has 2 aromatic heterocycles. The standard InChI is InChI=1S/C13H14N4O2S2/c1-18-9-4-3-5-10(6-9)19-7-12-16-17-11(8-20-2)14-15-13(17)21-12/h3-6H,7-8H2,1-2H3. The second-order valence-corrected chi connectivity index (χ2v) is 6.11. The molecule has 0 atom stereocenters. The maximum Gasteiger partial charge on any atom is 0.234 e. The highest BCUT2D eigenvalue weighted by atomic mass is 32.2. The summed E-state index contributed by atoms with van der Waals surface area (Å²) in [7, 11) is 1.63. The minimum atomic E-state index is 0.403. The fourth-order valence-corrected chi connectivity index (χ4v) is 3.01. The Morgan fingerprint density at radius 3 is 2.95 bits per heavy atom. The number of ether oxygens (including phenoxy) is 2. The minimum absolute atomic E-state index is 0.403. The number of thioether (sulfide) groups is 1. The van der Waals surface area contributed by atoms with E-state index in [0.29, 0.717) is 6.61 Å². The predicted molar refractivity (Wildman–Crippen MR) is 83.2 cm³/mol. The topological polar surface area (TPSA) is 61.5 Å². The molecule has 0 fully saturated rings. The van der Waals surface area contributed by atoms with E-state index in [2.05, 4.69) is 15.3 Å². The van der Waals surface area contributed by atoms with Gasteiger partial charge >= 0.3 is 0 Å². The lowest BCUT2D eigenvalue weighted by molar-refractivity contribution is 0.301. The van der Waals surface area contributed by atoms with Crippen LogP contribution in [0.5, 0.6) is 11.5 Å². The van der Waals surface area contributed by atoms with Gasteiger partial charge in [0.2, 0.25) is 4.96 Å². The maximum atomic E-state index is 5.73. The van der Waals surface area contributed by atoms with Gasteiger partial charge in [0.25, 0.3) is 0 Å². The van der Waals surface area contributed by atoms with E-state index in [1.54, 1.807) is 23.4 Å². The summed E-state index contributed by atoms with van der Waals surface area (Å²) < 4.78 is 12.7. The summed E-state index contributed by atoms with van der Waals surface area (Å²) in [6.45, 7) is 0.403. The van der Waals surface area contributed by atoms with Gasteiger partial charge in [-0.25, -0.2) is 0 Å². The summed E-state index contributed by atoms with van der Waals surface area (Å²) in [5.74, 6) is 3.18. The summed E-state index contributed by atoms with van der Waals surface area (Å²) in [5.41, 5.74) is 0. The zero-order valence-corrected chi connectivity index (χ0v) is 13.3. The Labute approximate surface area is 130 Å². The molecule has 0 unspecified atom stereocenters. The molecule has 6 nitrogen and oxygen atoms in total. The van der Waals surface area contributed by atoms with Crippen LogP contribution in [0.25, 0.3) is 4.96 Å². The molecule has 8 heteroatoms. The predicted octanol–water partition coefficient (Wildman–Crippen LogP) is 2.64. The monoisotopic (exact) mass is 322 g/mol. The lowest BCUT2D eigenvalue weighted by Gasteiger charge is -2.05. The molecule has 0 bridgehead atoms. The molecule has 3 rings (SSSR count). The molecule has 0 aliphatic rings. The molecular weight excluding hydrogens is 308 g/mol. The van der Waals surface area contributed by atoms with Gasteiger partial charge in [0.15, 0.2) is 10.8 Å². The molecule has 0 saturated carbocycles. The van der Waals surface area contributed by atoms with Gasteiger partial charge < -0.3 is 9.47 Å². The number of hydrogen-bond acceptors (Lipinski definition) is 7. The first-order chi connectivity index (χ1) is 10.3. The van der Waals surface area contributed by atoms with Gasteiger partial charge in [0.1, 0.15) is 18.1 Å². The molecule has 0 aliphatic carbocycles. The quantitative estimate of drug-likeness (QED) is 0.695. The molecule has 1 aromatic carbocycles. The van der Waals surface area contributed by atoms with Crippen LogP contribution in [-0.2, 0) is 12.4 Å². The van der Waals surface area contributed by atoms with Crippen LogP contribution >= 0.6 is 23.1 Å². The van der Waals surface area contributed by atoms with Crippen molar-refractivity contribution in [1.29, 1.82) is 0 Å². The molecule has 0 spiro atoms. The van der Waals surface area contributed by atoms with Gasteiger partial charge in [-0.05, 0) is 18.4 Å². The molecule has 0 N–H and O–H groups in total. The highest BCUT2D eigenvalue weighted by Crippen LogP contribution is 2.21. The van der Waals surface area contributed by atoms with Crippen LogP contribution in [0.4, 0.5) is 0 Å². The number of methoxy groups -OCH3 is 1. The van der Waals surface area contributed by atoms with Gasteiger partial charge in [-0.1, -0.05) is 17.4 Å². The van der Waals surface area contributed by atoms with Crippen LogP contribution in [-0.4, -0.2) is 33.2 Å². The van der Waals surface area contributed by atoms with Crippen LogP contribution in [0.1, 0.15) is 10.8 Å². The van der Waals surface area contributed by atoms with E-state index < -0.39 is 0 Å². The first kappa shape index (κ1) is 14.2. The summed E-state index contributed by atoms with van der Waals surface area (Å²) in [6, 6.07) is 7.51. The Hall–Kier alpha value is -1.80. The first-order valence-electron chi connectivity index (χ1n) is 6.26. The zero-order chi connectivity index (χ0) is 14.7. The summed E-state index contributed by atoms with van der Waals surface area (Å²) in [5, 5.41) is 13.6. The molecule has 0 aliphatic heterocycles. The van der Waals surface area contributed by atoms with Crippen molar-refractivity contribution in [3.05, 3.63) is 35.1 Å². The fraction of sp³-hybridized carbons (Fsp3) is 0.308. The largest absolute Gasteiger partial charge is 0.497 e. The average molecular weight is 322 g/mol. The van der Waals surface area contributed by atoms with Crippen molar-refractivity contribution in [2.24, 2.45) is 0 Å². The first-order valence-corrected chi connectivity index (χ1v) is 8.47. The van der Waals surface area contributed by atoms with E-state index in [9.17, 15) is 0 Å². The normalized spacial score (nSPS) is 11.0. The second-order valence-electron chi connectivity index (χ2n) is 4.21. The van der Waals surface area contributed by atoms with Crippen LogP contribution in [0.3, 0.4) is 0 Å². The third-order valence-electron chi connectivity index (χ3n) is 2.77. The van der Waals surface area contributed by atoms with E-state index in [-0.39, 0.29) is 0 Å². The van der Waals surface area contributed by atoms with Crippen molar-refractivity contribution in [2.45, 2.75) is 12.4 Å². The van der Waals surface area contributed by atoms with E-state index in [1.165, 1.54) is 11.3 Å². The number of benzene rings is 1. The number of aromatic nitrogens is 4. The number of rotatable bonds is 6. The van der Waals surface area contributed by atoms with Crippen LogP contribution in [0.15, 0.2) is 24.3 Å².